The Morgan fingerprint density at radius 2 is 1.80 bits per heavy atom. The lowest BCUT2D eigenvalue weighted by atomic mass is 10.2. The number of H-pyrrole nitrogens is 1. The maximum absolute atomic E-state index is 10.7. The Morgan fingerprint density at radius 1 is 1.10 bits per heavy atom. The molecule has 5 nitrogen and oxygen atoms in total. The van der Waals surface area contributed by atoms with Gasteiger partial charge in [-0.05, 0) is 24.3 Å². The fourth-order valence-electron chi connectivity index (χ4n) is 1.94. The Morgan fingerprint density at radius 3 is 2.45 bits per heavy atom. The van der Waals surface area contributed by atoms with Gasteiger partial charge in [0.2, 0.25) is 0 Å². The molecule has 0 fully saturated rings. The molecule has 1 heterocycles. The number of fused-ring (bicyclic) bond motifs is 1. The van der Waals surface area contributed by atoms with Crippen LogP contribution in [-0.4, -0.2) is 14.9 Å². The van der Waals surface area contributed by atoms with Crippen LogP contribution in [0.25, 0.3) is 22.4 Å². The monoisotopic (exact) mass is 307 g/mol. The first-order chi connectivity index (χ1) is 9.52. The molecule has 0 saturated heterocycles. The van der Waals surface area contributed by atoms with Crippen LogP contribution in [0, 0.1) is 10.1 Å². The Hall–Kier alpha value is -2.11. The van der Waals surface area contributed by atoms with Crippen LogP contribution in [0.1, 0.15) is 0 Å². The molecule has 1 aromatic heterocycles. The van der Waals surface area contributed by atoms with E-state index in [2.05, 4.69) is 9.97 Å². The molecule has 0 aliphatic heterocycles. The van der Waals surface area contributed by atoms with Crippen molar-refractivity contribution in [2.45, 2.75) is 0 Å². The van der Waals surface area contributed by atoms with E-state index in [1.54, 1.807) is 24.3 Å². The summed E-state index contributed by atoms with van der Waals surface area (Å²) in [4.78, 5) is 17.7. The van der Waals surface area contributed by atoms with Gasteiger partial charge in [-0.1, -0.05) is 23.2 Å². The van der Waals surface area contributed by atoms with E-state index in [-0.39, 0.29) is 5.69 Å². The number of nitro benzene ring substituents is 1. The predicted molar refractivity (Wildman–Crippen MR) is 78.2 cm³/mol. The number of hydrogen-bond acceptors (Lipinski definition) is 3. The number of rotatable bonds is 2. The molecule has 3 aromatic rings. The zero-order valence-corrected chi connectivity index (χ0v) is 11.4. The minimum atomic E-state index is -0.448. The van der Waals surface area contributed by atoms with Crippen LogP contribution in [-0.2, 0) is 0 Å². The molecule has 0 amide bonds. The third-order valence-corrected chi connectivity index (χ3v) is 3.25. The number of non-ortho nitro benzene ring substituents is 1. The van der Waals surface area contributed by atoms with E-state index < -0.39 is 4.92 Å². The van der Waals surface area contributed by atoms with E-state index in [0.717, 1.165) is 5.56 Å². The van der Waals surface area contributed by atoms with E-state index in [4.69, 9.17) is 23.2 Å². The molecule has 2 aromatic carbocycles. The molecule has 0 radical (unpaired) electrons. The molecular formula is C13H7Cl2N3O2. The predicted octanol–water partition coefficient (Wildman–Crippen LogP) is 4.44. The Balaban J connectivity index is 2.15. The van der Waals surface area contributed by atoms with Crippen molar-refractivity contribution in [3.8, 4) is 11.4 Å². The van der Waals surface area contributed by atoms with Gasteiger partial charge in [0.15, 0.2) is 0 Å². The largest absolute Gasteiger partial charge is 0.338 e. The minimum absolute atomic E-state index is 0.0110. The summed E-state index contributed by atoms with van der Waals surface area (Å²) in [5.74, 6) is 0.560. The van der Waals surface area contributed by atoms with Crippen LogP contribution in [0.3, 0.4) is 0 Å². The molecule has 20 heavy (non-hydrogen) atoms. The molecule has 0 saturated carbocycles. The summed E-state index contributed by atoms with van der Waals surface area (Å²) in [6.07, 6.45) is 0. The lowest BCUT2D eigenvalue weighted by Crippen LogP contribution is -1.86. The molecule has 0 aliphatic rings. The first-order valence-electron chi connectivity index (χ1n) is 5.63. The van der Waals surface area contributed by atoms with Crippen molar-refractivity contribution >= 4 is 39.9 Å². The van der Waals surface area contributed by atoms with Crippen molar-refractivity contribution in [3.63, 3.8) is 0 Å². The average Bonchev–Trinajstić information content (AvgIpc) is 2.80. The second-order valence-corrected chi connectivity index (χ2v) is 5.07. The maximum atomic E-state index is 10.7. The van der Waals surface area contributed by atoms with Gasteiger partial charge in [-0.15, -0.1) is 0 Å². The molecule has 7 heteroatoms. The molecular weight excluding hydrogens is 301 g/mol. The molecule has 100 valence electrons. The molecule has 3 rings (SSSR count). The third kappa shape index (κ3) is 2.33. The van der Waals surface area contributed by atoms with Gasteiger partial charge < -0.3 is 4.98 Å². The van der Waals surface area contributed by atoms with Gasteiger partial charge >= 0.3 is 0 Å². The second-order valence-electron chi connectivity index (χ2n) is 4.20. The Labute approximate surface area is 123 Å². The van der Waals surface area contributed by atoms with E-state index >= 15 is 0 Å². The highest BCUT2D eigenvalue weighted by Gasteiger charge is 2.11. The fourth-order valence-corrected chi connectivity index (χ4v) is 2.46. The highest BCUT2D eigenvalue weighted by Crippen LogP contribution is 2.28. The number of imidazole rings is 1. The van der Waals surface area contributed by atoms with Gasteiger partial charge in [0.05, 0.1) is 16.0 Å². The number of aromatic amines is 1. The van der Waals surface area contributed by atoms with E-state index in [1.165, 1.54) is 12.1 Å². The number of benzene rings is 2. The van der Waals surface area contributed by atoms with Gasteiger partial charge in [0, 0.05) is 27.7 Å². The molecule has 1 N–H and O–H groups in total. The van der Waals surface area contributed by atoms with Gasteiger partial charge in [-0.2, -0.15) is 0 Å². The fraction of sp³-hybridized carbons (Fsp3) is 0. The number of nitrogens with zero attached hydrogens (tertiary/aromatic N) is 2. The molecule has 0 aliphatic carbocycles. The Bertz CT molecular complexity index is 809. The molecule has 0 atom stereocenters. The molecule has 0 unspecified atom stereocenters. The number of hydrogen-bond donors (Lipinski definition) is 1. The van der Waals surface area contributed by atoms with E-state index in [9.17, 15) is 10.1 Å². The van der Waals surface area contributed by atoms with Crippen molar-refractivity contribution in [1.82, 2.24) is 9.97 Å². The minimum Gasteiger partial charge on any atom is -0.338 e. The maximum Gasteiger partial charge on any atom is 0.271 e. The van der Waals surface area contributed by atoms with Gasteiger partial charge in [0.1, 0.15) is 5.82 Å². The zero-order valence-electron chi connectivity index (χ0n) is 9.93. The number of nitrogens with one attached hydrogen (secondary N) is 1. The van der Waals surface area contributed by atoms with Crippen LogP contribution in [0.2, 0.25) is 10.0 Å². The summed E-state index contributed by atoms with van der Waals surface area (Å²) in [5.41, 5.74) is 1.96. The summed E-state index contributed by atoms with van der Waals surface area (Å²) in [7, 11) is 0. The summed E-state index contributed by atoms with van der Waals surface area (Å²) in [5, 5.41) is 11.7. The van der Waals surface area contributed by atoms with E-state index in [1.807, 2.05) is 0 Å². The van der Waals surface area contributed by atoms with Gasteiger partial charge in [0.25, 0.3) is 5.69 Å². The first kappa shape index (κ1) is 12.9. The summed E-state index contributed by atoms with van der Waals surface area (Å²) in [6, 6.07) is 9.52. The topological polar surface area (TPSA) is 71.8 Å². The van der Waals surface area contributed by atoms with Crippen LogP contribution in [0.4, 0.5) is 5.69 Å². The Kier molecular flexibility index (Phi) is 3.08. The summed E-state index contributed by atoms with van der Waals surface area (Å²) < 4.78 is 0. The first-order valence-corrected chi connectivity index (χ1v) is 6.39. The van der Waals surface area contributed by atoms with Crippen molar-refractivity contribution < 1.29 is 4.92 Å². The van der Waals surface area contributed by atoms with Crippen molar-refractivity contribution in [2.24, 2.45) is 0 Å². The molecule has 0 spiro atoms. The smallest absolute Gasteiger partial charge is 0.271 e. The average molecular weight is 308 g/mol. The van der Waals surface area contributed by atoms with E-state index in [0.29, 0.717) is 26.9 Å². The second kappa shape index (κ2) is 4.77. The molecule has 0 bridgehead atoms. The quantitative estimate of drug-likeness (QED) is 0.561. The SMILES string of the molecule is O=[N+]([O-])c1ccc2nc(-c3cc(Cl)cc(Cl)c3)[nH]c2c1. The lowest BCUT2D eigenvalue weighted by Gasteiger charge is -1.98. The number of nitro groups is 1. The highest BCUT2D eigenvalue weighted by atomic mass is 35.5. The number of aromatic nitrogens is 2. The summed E-state index contributed by atoms with van der Waals surface area (Å²) in [6.45, 7) is 0. The number of halogens is 2. The van der Waals surface area contributed by atoms with Crippen LogP contribution in [0.5, 0.6) is 0 Å². The normalized spacial score (nSPS) is 10.9. The highest BCUT2D eigenvalue weighted by molar-refractivity contribution is 6.35. The zero-order chi connectivity index (χ0) is 14.3. The van der Waals surface area contributed by atoms with Crippen molar-refractivity contribution in [1.29, 1.82) is 0 Å². The van der Waals surface area contributed by atoms with Crippen LogP contribution < -0.4 is 0 Å². The van der Waals surface area contributed by atoms with Crippen LogP contribution >= 0.6 is 23.2 Å². The van der Waals surface area contributed by atoms with Gasteiger partial charge in [-0.25, -0.2) is 4.98 Å². The standard InChI is InChI=1S/C13H7Cl2N3O2/c14-8-3-7(4-9(15)5-8)13-16-11-2-1-10(18(19)20)6-12(11)17-13/h1-6H,(H,16,17). The lowest BCUT2D eigenvalue weighted by molar-refractivity contribution is -0.384. The van der Waals surface area contributed by atoms with Crippen molar-refractivity contribution in [2.75, 3.05) is 0 Å². The summed E-state index contributed by atoms with van der Waals surface area (Å²) >= 11 is 11.9. The van der Waals surface area contributed by atoms with Gasteiger partial charge in [-0.3, -0.25) is 10.1 Å². The van der Waals surface area contributed by atoms with Crippen molar-refractivity contribution in [3.05, 3.63) is 56.6 Å². The third-order valence-electron chi connectivity index (χ3n) is 2.81. The van der Waals surface area contributed by atoms with Crippen LogP contribution in [0.15, 0.2) is 36.4 Å².